The minimum atomic E-state index is -4.48. The fourth-order valence-electron chi connectivity index (χ4n) is 2.40. The zero-order valence-corrected chi connectivity index (χ0v) is 11.0. The minimum Gasteiger partial charge on any atom is -0.392 e. The van der Waals surface area contributed by atoms with Crippen molar-refractivity contribution < 1.29 is 18.3 Å². The van der Waals surface area contributed by atoms with Gasteiger partial charge in [-0.15, -0.1) is 10.2 Å². The normalized spacial score (nSPS) is 15.1. The van der Waals surface area contributed by atoms with E-state index in [9.17, 15) is 13.2 Å². The number of fused-ring (bicyclic) bond motifs is 1. The lowest BCUT2D eigenvalue weighted by Crippen LogP contribution is -2.35. The van der Waals surface area contributed by atoms with Crippen LogP contribution in [-0.4, -0.2) is 26.4 Å². The summed E-state index contributed by atoms with van der Waals surface area (Å²) in [7, 11) is 0. The van der Waals surface area contributed by atoms with Crippen LogP contribution in [0.25, 0.3) is 0 Å². The van der Waals surface area contributed by atoms with Gasteiger partial charge < -0.3 is 14.6 Å². The highest BCUT2D eigenvalue weighted by Crippen LogP contribution is 2.30. The minimum absolute atomic E-state index is 0.0381. The Hall–Kier alpha value is -2.09. The number of halogens is 3. The van der Waals surface area contributed by atoms with E-state index in [4.69, 9.17) is 5.11 Å². The molecule has 0 saturated carbocycles. The van der Waals surface area contributed by atoms with Gasteiger partial charge >= 0.3 is 6.18 Å². The van der Waals surface area contributed by atoms with Crippen molar-refractivity contribution in [3.8, 4) is 0 Å². The van der Waals surface area contributed by atoms with Crippen LogP contribution in [0.3, 0.4) is 0 Å². The Morgan fingerprint density at radius 2 is 1.81 bits per heavy atom. The molecule has 3 rings (SSSR count). The topological polar surface area (TPSA) is 54.2 Å². The van der Waals surface area contributed by atoms with Gasteiger partial charge in [0, 0.05) is 18.8 Å². The molecule has 1 aliphatic rings. The predicted molar refractivity (Wildman–Crippen MR) is 68.4 cm³/mol. The van der Waals surface area contributed by atoms with E-state index in [1.807, 2.05) is 17.0 Å². The fourth-order valence-corrected chi connectivity index (χ4v) is 2.40. The van der Waals surface area contributed by atoms with Crippen molar-refractivity contribution in [1.82, 2.24) is 14.8 Å². The van der Waals surface area contributed by atoms with E-state index < -0.39 is 12.0 Å². The summed E-state index contributed by atoms with van der Waals surface area (Å²) in [6.07, 6.45) is -4.48. The van der Waals surface area contributed by atoms with Crippen molar-refractivity contribution in [3.05, 3.63) is 41.5 Å². The first-order valence-electron chi connectivity index (χ1n) is 6.43. The van der Waals surface area contributed by atoms with Crippen molar-refractivity contribution in [1.29, 1.82) is 0 Å². The van der Waals surface area contributed by atoms with Crippen LogP contribution >= 0.6 is 0 Å². The maximum absolute atomic E-state index is 12.8. The zero-order valence-electron chi connectivity index (χ0n) is 11.0. The van der Waals surface area contributed by atoms with Gasteiger partial charge in [-0.2, -0.15) is 13.2 Å². The fraction of sp³-hybridized carbons (Fsp3) is 0.385. The summed E-state index contributed by atoms with van der Waals surface area (Å²) in [5, 5.41) is 15.9. The van der Waals surface area contributed by atoms with Gasteiger partial charge in [0.25, 0.3) is 0 Å². The van der Waals surface area contributed by atoms with Crippen LogP contribution in [0, 0.1) is 0 Å². The summed E-state index contributed by atoms with van der Waals surface area (Å²) in [5.41, 5.74) is 1.67. The number of rotatable bonds is 2. The third-order valence-corrected chi connectivity index (χ3v) is 3.49. The average molecular weight is 298 g/mol. The van der Waals surface area contributed by atoms with E-state index in [-0.39, 0.29) is 19.7 Å². The quantitative estimate of drug-likeness (QED) is 0.918. The number of aliphatic hydroxyl groups is 1. The second-order valence-electron chi connectivity index (χ2n) is 4.84. The van der Waals surface area contributed by atoms with Gasteiger partial charge in [0.2, 0.25) is 5.82 Å². The molecule has 1 aromatic heterocycles. The summed E-state index contributed by atoms with van der Waals surface area (Å²) in [6, 6.07) is 7.25. The number of aliphatic hydroxyl groups excluding tert-OH is 1. The molecule has 0 aliphatic carbocycles. The molecule has 2 aromatic rings. The molecule has 5 nitrogen and oxygen atoms in total. The van der Waals surface area contributed by atoms with Gasteiger partial charge in [-0.1, -0.05) is 12.1 Å². The van der Waals surface area contributed by atoms with Crippen LogP contribution < -0.4 is 4.90 Å². The molecule has 0 unspecified atom stereocenters. The van der Waals surface area contributed by atoms with Crippen LogP contribution in [0.2, 0.25) is 0 Å². The number of anilines is 1. The summed E-state index contributed by atoms with van der Waals surface area (Å²) in [6.45, 7) is 0.886. The van der Waals surface area contributed by atoms with Crippen molar-refractivity contribution in [3.63, 3.8) is 0 Å². The lowest BCUT2D eigenvalue weighted by atomic mass is 10.2. The maximum Gasteiger partial charge on any atom is 0.451 e. The summed E-state index contributed by atoms with van der Waals surface area (Å²) in [4.78, 5) is 1.94. The first-order valence-corrected chi connectivity index (χ1v) is 6.43. The first kappa shape index (κ1) is 13.9. The number of hydrogen-bond acceptors (Lipinski definition) is 4. The van der Waals surface area contributed by atoms with Gasteiger partial charge in [-0.3, -0.25) is 0 Å². The molecule has 1 aromatic carbocycles. The summed E-state index contributed by atoms with van der Waals surface area (Å²) >= 11 is 0. The van der Waals surface area contributed by atoms with E-state index in [2.05, 4.69) is 10.2 Å². The lowest BCUT2D eigenvalue weighted by Gasteiger charge is -2.29. The largest absolute Gasteiger partial charge is 0.451 e. The summed E-state index contributed by atoms with van der Waals surface area (Å²) < 4.78 is 39.4. The number of hydrogen-bond donors (Lipinski definition) is 1. The van der Waals surface area contributed by atoms with Crippen LogP contribution in [0.1, 0.15) is 17.2 Å². The molecule has 0 amide bonds. The highest BCUT2D eigenvalue weighted by Gasteiger charge is 2.39. The van der Waals surface area contributed by atoms with Crippen molar-refractivity contribution in [2.24, 2.45) is 0 Å². The molecule has 0 fully saturated rings. The molecule has 0 saturated heterocycles. The zero-order chi connectivity index (χ0) is 15.0. The van der Waals surface area contributed by atoms with Gasteiger partial charge in [0.1, 0.15) is 0 Å². The molecule has 21 heavy (non-hydrogen) atoms. The standard InChI is InChI=1S/C13H13F3N4O/c14-13(15,16)12-18-17-11-7-19(5-6-20(11)12)10-3-1-9(8-21)2-4-10/h1-4,21H,5-8H2. The molecule has 0 atom stereocenters. The van der Waals surface area contributed by atoms with Crippen LogP contribution in [-0.2, 0) is 25.9 Å². The van der Waals surface area contributed by atoms with Crippen LogP contribution in [0.5, 0.6) is 0 Å². The third kappa shape index (κ3) is 2.58. The molecule has 1 aliphatic heterocycles. The number of nitrogens with zero attached hydrogens (tertiary/aromatic N) is 4. The van der Waals surface area contributed by atoms with Crippen molar-refractivity contribution in [2.45, 2.75) is 25.9 Å². The van der Waals surface area contributed by atoms with Gasteiger partial charge in [0.15, 0.2) is 5.82 Å². The Labute approximate surface area is 118 Å². The number of alkyl halides is 3. The maximum atomic E-state index is 12.8. The Kier molecular flexibility index (Phi) is 3.32. The Balaban J connectivity index is 1.83. The van der Waals surface area contributed by atoms with Gasteiger partial charge in [-0.05, 0) is 17.7 Å². The molecule has 0 spiro atoms. The summed E-state index contributed by atoms with van der Waals surface area (Å²) in [5.74, 6) is -0.632. The van der Waals surface area contributed by atoms with Gasteiger partial charge in [0.05, 0.1) is 13.2 Å². The highest BCUT2D eigenvalue weighted by atomic mass is 19.4. The molecular weight excluding hydrogens is 285 g/mol. The molecule has 2 heterocycles. The van der Waals surface area contributed by atoms with E-state index in [1.54, 1.807) is 12.1 Å². The van der Waals surface area contributed by atoms with E-state index >= 15 is 0 Å². The first-order chi connectivity index (χ1) is 9.99. The van der Waals surface area contributed by atoms with E-state index in [1.165, 1.54) is 0 Å². The average Bonchev–Trinajstić information content (AvgIpc) is 2.90. The van der Waals surface area contributed by atoms with Crippen LogP contribution in [0.4, 0.5) is 18.9 Å². The molecule has 0 bridgehead atoms. The highest BCUT2D eigenvalue weighted by molar-refractivity contribution is 5.48. The Morgan fingerprint density at radius 1 is 1.10 bits per heavy atom. The van der Waals surface area contributed by atoms with Crippen molar-refractivity contribution >= 4 is 5.69 Å². The SMILES string of the molecule is OCc1ccc(N2CCn3c(nnc3C(F)(F)F)C2)cc1. The Morgan fingerprint density at radius 3 is 2.43 bits per heavy atom. The Bertz CT molecular complexity index is 636. The van der Waals surface area contributed by atoms with Crippen molar-refractivity contribution in [2.75, 3.05) is 11.4 Å². The molecule has 8 heteroatoms. The predicted octanol–water partition coefficient (Wildman–Crippen LogP) is 1.81. The van der Waals surface area contributed by atoms with Crippen LogP contribution in [0.15, 0.2) is 24.3 Å². The van der Waals surface area contributed by atoms with E-state index in [0.717, 1.165) is 15.8 Å². The third-order valence-electron chi connectivity index (χ3n) is 3.49. The second-order valence-corrected chi connectivity index (χ2v) is 4.84. The number of benzene rings is 1. The molecule has 1 N–H and O–H groups in total. The lowest BCUT2D eigenvalue weighted by molar-refractivity contribution is -0.147. The second kappa shape index (κ2) is 5.03. The van der Waals surface area contributed by atoms with Gasteiger partial charge in [-0.25, -0.2) is 0 Å². The molecular formula is C13H13F3N4O. The smallest absolute Gasteiger partial charge is 0.392 e. The number of aromatic nitrogens is 3. The van der Waals surface area contributed by atoms with E-state index in [0.29, 0.717) is 12.4 Å². The molecule has 112 valence electrons. The monoisotopic (exact) mass is 298 g/mol. The molecule has 0 radical (unpaired) electrons.